The van der Waals surface area contributed by atoms with Gasteiger partial charge in [0.15, 0.2) is 0 Å². The highest BCUT2D eigenvalue weighted by atomic mass is 16.6. The van der Waals surface area contributed by atoms with Crippen LogP contribution in [-0.2, 0) is 11.3 Å². The Morgan fingerprint density at radius 3 is 2.64 bits per heavy atom. The van der Waals surface area contributed by atoms with Gasteiger partial charge in [0.25, 0.3) is 5.69 Å². The van der Waals surface area contributed by atoms with Gasteiger partial charge >= 0.3 is 0 Å². The van der Waals surface area contributed by atoms with Gasteiger partial charge in [-0.3, -0.25) is 14.9 Å². The number of carbonyl (C=O) groups excluding carboxylic acids is 1. The van der Waals surface area contributed by atoms with Gasteiger partial charge in [-0.25, -0.2) is 0 Å². The third-order valence-electron chi connectivity index (χ3n) is 2.95. The van der Waals surface area contributed by atoms with Crippen LogP contribution in [0.25, 0.3) is 6.08 Å². The first-order valence-electron chi connectivity index (χ1n) is 6.53. The minimum Gasteiger partial charge on any atom is -0.508 e. The summed E-state index contributed by atoms with van der Waals surface area (Å²) >= 11 is 0. The highest BCUT2D eigenvalue weighted by Gasteiger charge is 2.10. The molecule has 2 N–H and O–H groups in total. The number of phenols is 1. The van der Waals surface area contributed by atoms with Crippen LogP contribution in [0.15, 0.2) is 54.6 Å². The summed E-state index contributed by atoms with van der Waals surface area (Å²) in [6, 6.07) is 13.0. The molecule has 6 nitrogen and oxygen atoms in total. The van der Waals surface area contributed by atoms with Crippen LogP contribution in [0.1, 0.15) is 11.1 Å². The molecule has 0 aromatic heterocycles. The van der Waals surface area contributed by atoms with Crippen LogP contribution >= 0.6 is 0 Å². The standard InChI is InChI=1S/C16H14N2O4/c19-15-8-7-14(18(21)22)10-13(15)11-17-16(20)9-6-12-4-2-1-3-5-12/h1-10,19H,11H2,(H,17,20)/b9-6+. The minimum atomic E-state index is -0.555. The van der Waals surface area contributed by atoms with E-state index in [1.165, 1.54) is 24.3 Å². The normalized spacial score (nSPS) is 10.5. The van der Waals surface area contributed by atoms with E-state index in [0.717, 1.165) is 5.56 Å². The van der Waals surface area contributed by atoms with Crippen molar-refractivity contribution in [3.05, 3.63) is 75.8 Å². The Bertz CT molecular complexity index is 711. The third kappa shape index (κ3) is 4.17. The Morgan fingerprint density at radius 2 is 1.95 bits per heavy atom. The van der Waals surface area contributed by atoms with Crippen molar-refractivity contribution < 1.29 is 14.8 Å². The SMILES string of the molecule is O=C(/C=C/c1ccccc1)NCc1cc([N+](=O)[O-])ccc1O. The second-order valence-electron chi connectivity index (χ2n) is 4.53. The fourth-order valence-corrected chi connectivity index (χ4v) is 1.80. The van der Waals surface area contributed by atoms with Gasteiger partial charge in [-0.05, 0) is 17.7 Å². The molecule has 0 heterocycles. The van der Waals surface area contributed by atoms with E-state index < -0.39 is 4.92 Å². The number of phenolic OH excluding ortho intramolecular Hbond substituents is 1. The second kappa shape index (κ2) is 7.03. The number of hydrogen-bond acceptors (Lipinski definition) is 4. The summed E-state index contributed by atoms with van der Waals surface area (Å²) < 4.78 is 0. The van der Waals surface area contributed by atoms with Crippen molar-refractivity contribution >= 4 is 17.7 Å². The number of hydrogen-bond donors (Lipinski definition) is 2. The van der Waals surface area contributed by atoms with Crippen molar-refractivity contribution in [3.8, 4) is 5.75 Å². The van der Waals surface area contributed by atoms with Crippen LogP contribution in [0.3, 0.4) is 0 Å². The average molecular weight is 298 g/mol. The molecule has 0 unspecified atom stereocenters. The molecule has 0 fully saturated rings. The van der Waals surface area contributed by atoms with Gasteiger partial charge in [0.1, 0.15) is 5.75 Å². The summed E-state index contributed by atoms with van der Waals surface area (Å²) in [6.07, 6.45) is 3.02. The lowest BCUT2D eigenvalue weighted by Crippen LogP contribution is -2.20. The van der Waals surface area contributed by atoms with E-state index in [2.05, 4.69) is 5.32 Å². The molecule has 0 aliphatic heterocycles. The number of non-ortho nitro benzene ring substituents is 1. The highest BCUT2D eigenvalue weighted by Crippen LogP contribution is 2.22. The van der Waals surface area contributed by atoms with Crippen molar-refractivity contribution in [1.82, 2.24) is 5.32 Å². The van der Waals surface area contributed by atoms with E-state index in [4.69, 9.17) is 0 Å². The monoisotopic (exact) mass is 298 g/mol. The van der Waals surface area contributed by atoms with Gasteiger partial charge < -0.3 is 10.4 Å². The molecule has 0 radical (unpaired) electrons. The molecule has 0 bridgehead atoms. The van der Waals surface area contributed by atoms with E-state index in [1.807, 2.05) is 30.3 Å². The number of nitro benzene ring substituents is 1. The molecule has 0 saturated carbocycles. The van der Waals surface area contributed by atoms with Gasteiger partial charge in [-0.2, -0.15) is 0 Å². The molecule has 2 aromatic rings. The van der Waals surface area contributed by atoms with E-state index in [1.54, 1.807) is 6.08 Å². The number of nitro groups is 1. The molecule has 0 spiro atoms. The molecular weight excluding hydrogens is 284 g/mol. The van der Waals surface area contributed by atoms with Crippen molar-refractivity contribution in [2.75, 3.05) is 0 Å². The molecule has 112 valence electrons. The predicted octanol–water partition coefficient (Wildman–Crippen LogP) is 2.63. The first-order valence-corrected chi connectivity index (χ1v) is 6.53. The summed E-state index contributed by atoms with van der Waals surface area (Å²) in [6.45, 7) is 0.00543. The lowest BCUT2D eigenvalue weighted by molar-refractivity contribution is -0.384. The van der Waals surface area contributed by atoms with Gasteiger partial charge in [0, 0.05) is 30.3 Å². The zero-order valence-corrected chi connectivity index (χ0v) is 11.6. The third-order valence-corrected chi connectivity index (χ3v) is 2.95. The van der Waals surface area contributed by atoms with E-state index in [9.17, 15) is 20.0 Å². The van der Waals surface area contributed by atoms with Crippen molar-refractivity contribution in [1.29, 1.82) is 0 Å². The zero-order chi connectivity index (χ0) is 15.9. The lowest BCUT2D eigenvalue weighted by Gasteiger charge is -2.05. The molecule has 0 aliphatic rings. The molecule has 6 heteroatoms. The molecule has 0 aliphatic carbocycles. The van der Waals surface area contributed by atoms with Crippen LogP contribution in [0.4, 0.5) is 5.69 Å². The summed E-state index contributed by atoms with van der Waals surface area (Å²) in [5, 5.41) is 22.9. The Morgan fingerprint density at radius 1 is 1.23 bits per heavy atom. The summed E-state index contributed by atoms with van der Waals surface area (Å²) in [7, 11) is 0. The highest BCUT2D eigenvalue weighted by molar-refractivity contribution is 5.91. The fourth-order valence-electron chi connectivity index (χ4n) is 1.80. The van der Waals surface area contributed by atoms with Crippen LogP contribution < -0.4 is 5.32 Å². The number of carbonyl (C=O) groups is 1. The Kier molecular flexibility index (Phi) is 4.87. The average Bonchev–Trinajstić information content (AvgIpc) is 2.53. The number of benzene rings is 2. The van der Waals surface area contributed by atoms with E-state index >= 15 is 0 Å². The van der Waals surface area contributed by atoms with E-state index in [0.29, 0.717) is 0 Å². The number of nitrogens with one attached hydrogen (secondary N) is 1. The molecule has 22 heavy (non-hydrogen) atoms. The first kappa shape index (κ1) is 15.2. The topological polar surface area (TPSA) is 92.5 Å². The summed E-state index contributed by atoms with van der Waals surface area (Å²) in [4.78, 5) is 21.8. The maximum Gasteiger partial charge on any atom is 0.270 e. The fraction of sp³-hybridized carbons (Fsp3) is 0.0625. The van der Waals surface area contributed by atoms with Crippen LogP contribution in [-0.4, -0.2) is 15.9 Å². The number of nitrogens with zero attached hydrogens (tertiary/aromatic N) is 1. The van der Waals surface area contributed by atoms with Crippen molar-refractivity contribution in [2.24, 2.45) is 0 Å². The quantitative estimate of drug-likeness (QED) is 0.504. The Labute approximate surface area is 126 Å². The minimum absolute atomic E-state index is 0.00543. The van der Waals surface area contributed by atoms with Crippen LogP contribution in [0.5, 0.6) is 5.75 Å². The molecule has 0 atom stereocenters. The Hall–Kier alpha value is -3.15. The van der Waals surface area contributed by atoms with Gasteiger partial charge in [-0.1, -0.05) is 30.3 Å². The molecule has 2 rings (SSSR count). The molecule has 0 saturated heterocycles. The number of aromatic hydroxyl groups is 1. The van der Waals surface area contributed by atoms with Gasteiger partial charge in [-0.15, -0.1) is 0 Å². The number of amides is 1. The predicted molar refractivity (Wildman–Crippen MR) is 82.1 cm³/mol. The zero-order valence-electron chi connectivity index (χ0n) is 11.6. The van der Waals surface area contributed by atoms with Crippen LogP contribution in [0, 0.1) is 10.1 Å². The van der Waals surface area contributed by atoms with Gasteiger partial charge in [0.05, 0.1) is 4.92 Å². The smallest absolute Gasteiger partial charge is 0.270 e. The molecular formula is C16H14N2O4. The summed E-state index contributed by atoms with van der Waals surface area (Å²) in [5.74, 6) is -0.451. The maximum absolute atomic E-state index is 11.7. The van der Waals surface area contributed by atoms with Crippen molar-refractivity contribution in [2.45, 2.75) is 6.54 Å². The maximum atomic E-state index is 11.7. The molecule has 2 aromatic carbocycles. The molecule has 1 amide bonds. The van der Waals surface area contributed by atoms with Crippen LogP contribution in [0.2, 0.25) is 0 Å². The van der Waals surface area contributed by atoms with E-state index in [-0.39, 0.29) is 29.5 Å². The number of rotatable bonds is 5. The second-order valence-corrected chi connectivity index (χ2v) is 4.53. The first-order chi connectivity index (χ1) is 10.6. The Balaban J connectivity index is 1.98. The van der Waals surface area contributed by atoms with Crippen molar-refractivity contribution in [3.63, 3.8) is 0 Å². The largest absolute Gasteiger partial charge is 0.508 e. The summed E-state index contributed by atoms with van der Waals surface area (Å²) in [5.41, 5.74) is 1.04. The van der Waals surface area contributed by atoms with Gasteiger partial charge in [0.2, 0.25) is 5.91 Å². The lowest BCUT2D eigenvalue weighted by atomic mass is 10.1.